The molecule has 3 aromatic rings. The fraction of sp³-hybridized carbons (Fsp3) is 0.292. The Kier molecular flexibility index (Phi) is 7.07. The first kappa shape index (κ1) is 22.1. The van der Waals surface area contributed by atoms with Crippen molar-refractivity contribution in [3.05, 3.63) is 70.1 Å². The van der Waals surface area contributed by atoms with Crippen molar-refractivity contribution < 1.29 is 23.5 Å². The molecule has 3 rings (SSSR count). The van der Waals surface area contributed by atoms with Crippen LogP contribution in [-0.4, -0.2) is 24.5 Å². The molecule has 1 N–H and O–H groups in total. The number of carbonyl (C=O) groups excluding carboxylic acids is 2. The van der Waals surface area contributed by atoms with Gasteiger partial charge < -0.3 is 19.2 Å². The molecule has 0 aliphatic carbocycles. The molecule has 0 fully saturated rings. The second-order valence-corrected chi connectivity index (χ2v) is 7.47. The summed E-state index contributed by atoms with van der Waals surface area (Å²) in [7, 11) is 0. The van der Waals surface area contributed by atoms with Crippen LogP contribution < -0.4 is 20.4 Å². The highest BCUT2D eigenvalue weighted by atomic mass is 16.5. The first-order valence-corrected chi connectivity index (χ1v) is 10.1. The fourth-order valence-corrected chi connectivity index (χ4v) is 2.95. The number of hydrogen-bond acceptors (Lipinski definition) is 6. The monoisotopic (exact) mass is 423 g/mol. The van der Waals surface area contributed by atoms with Crippen molar-refractivity contribution in [2.24, 2.45) is 0 Å². The zero-order chi connectivity index (χ0) is 22.4. The van der Waals surface area contributed by atoms with Crippen LogP contribution in [0, 0.1) is 6.92 Å². The van der Waals surface area contributed by atoms with E-state index in [-0.39, 0.29) is 29.4 Å². The summed E-state index contributed by atoms with van der Waals surface area (Å²) in [6.45, 7) is 5.96. The van der Waals surface area contributed by atoms with Gasteiger partial charge in [0.25, 0.3) is 5.91 Å². The molecule has 0 radical (unpaired) electrons. The van der Waals surface area contributed by atoms with Crippen LogP contribution in [0.5, 0.6) is 11.5 Å². The molecule has 31 heavy (non-hydrogen) atoms. The maximum atomic E-state index is 12.2. The minimum Gasteiger partial charge on any atom is -0.493 e. The first-order chi connectivity index (χ1) is 14.8. The number of hydrogen-bond donors (Lipinski definition) is 1. The molecule has 1 heterocycles. The molecular weight excluding hydrogens is 398 g/mol. The molecule has 2 aromatic carbocycles. The first-order valence-electron chi connectivity index (χ1n) is 10.1. The summed E-state index contributed by atoms with van der Waals surface area (Å²) in [6, 6.07) is 13.7. The molecule has 0 atom stereocenters. The van der Waals surface area contributed by atoms with Crippen molar-refractivity contribution >= 4 is 22.8 Å². The van der Waals surface area contributed by atoms with Gasteiger partial charge in [-0.15, -0.1) is 0 Å². The Bertz CT molecular complexity index is 1150. The van der Waals surface area contributed by atoms with Crippen LogP contribution in [0.15, 0.2) is 57.7 Å². The van der Waals surface area contributed by atoms with Gasteiger partial charge in [0.05, 0.1) is 6.61 Å². The number of fused-ring (bicyclic) bond motifs is 1. The largest absolute Gasteiger partial charge is 0.493 e. The Balaban J connectivity index is 1.58. The van der Waals surface area contributed by atoms with Crippen LogP contribution in [0.3, 0.4) is 0 Å². The molecule has 0 spiro atoms. The maximum absolute atomic E-state index is 12.2. The van der Waals surface area contributed by atoms with Gasteiger partial charge in [0.1, 0.15) is 22.6 Å². The Morgan fingerprint density at radius 3 is 2.61 bits per heavy atom. The van der Waals surface area contributed by atoms with Gasteiger partial charge in [-0.2, -0.15) is 0 Å². The van der Waals surface area contributed by atoms with Crippen molar-refractivity contribution in [3.8, 4) is 11.5 Å². The SMILES string of the molecule is Cc1ccccc1OCCCC(=O)Oc1ccc2cc(C(=O)NC(C)C)c(=O)oc2c1. The summed E-state index contributed by atoms with van der Waals surface area (Å²) in [5.74, 6) is 0.152. The molecule has 0 aliphatic heterocycles. The zero-order valence-electron chi connectivity index (χ0n) is 17.8. The second-order valence-electron chi connectivity index (χ2n) is 7.47. The van der Waals surface area contributed by atoms with Crippen LogP contribution in [-0.2, 0) is 4.79 Å². The van der Waals surface area contributed by atoms with Gasteiger partial charge >= 0.3 is 11.6 Å². The number of aryl methyl sites for hydroxylation is 1. The smallest absolute Gasteiger partial charge is 0.349 e. The predicted molar refractivity (Wildman–Crippen MR) is 117 cm³/mol. The topological polar surface area (TPSA) is 94.8 Å². The number of ether oxygens (including phenoxy) is 2. The molecule has 0 aliphatic rings. The van der Waals surface area contributed by atoms with Crippen LogP contribution >= 0.6 is 0 Å². The number of rotatable bonds is 8. The van der Waals surface area contributed by atoms with E-state index in [1.165, 1.54) is 12.1 Å². The summed E-state index contributed by atoms with van der Waals surface area (Å²) >= 11 is 0. The molecule has 0 saturated carbocycles. The van der Waals surface area contributed by atoms with Crippen molar-refractivity contribution in [3.63, 3.8) is 0 Å². The minimum absolute atomic E-state index is 0.0698. The molecule has 7 heteroatoms. The molecular formula is C24H25NO6. The molecule has 0 unspecified atom stereocenters. The average molecular weight is 423 g/mol. The highest BCUT2D eigenvalue weighted by molar-refractivity contribution is 5.96. The second kappa shape index (κ2) is 9.93. The third-order valence-corrected chi connectivity index (χ3v) is 4.48. The van der Waals surface area contributed by atoms with E-state index in [1.807, 2.05) is 31.2 Å². The van der Waals surface area contributed by atoms with E-state index in [9.17, 15) is 14.4 Å². The minimum atomic E-state index is -0.748. The van der Waals surface area contributed by atoms with Crippen LogP contribution in [0.25, 0.3) is 11.0 Å². The third kappa shape index (κ3) is 5.94. The number of carbonyl (C=O) groups is 2. The normalized spacial score (nSPS) is 10.8. The van der Waals surface area contributed by atoms with E-state index >= 15 is 0 Å². The Hall–Kier alpha value is -3.61. The summed E-state index contributed by atoms with van der Waals surface area (Å²) < 4.78 is 16.3. The molecule has 7 nitrogen and oxygen atoms in total. The lowest BCUT2D eigenvalue weighted by atomic mass is 10.1. The molecule has 1 amide bonds. The number of amides is 1. The summed E-state index contributed by atoms with van der Waals surface area (Å²) in [4.78, 5) is 36.4. The standard InChI is InChI=1S/C24H25NO6/c1-15(2)25-23(27)19-13-17-10-11-18(14-21(17)31-24(19)28)30-22(26)9-6-12-29-20-8-5-4-7-16(20)3/h4-5,7-8,10-11,13-15H,6,9,12H2,1-3H3,(H,25,27). The van der Waals surface area contributed by atoms with E-state index < -0.39 is 17.5 Å². The van der Waals surface area contributed by atoms with E-state index in [4.69, 9.17) is 13.9 Å². The van der Waals surface area contributed by atoms with Gasteiger partial charge in [-0.1, -0.05) is 18.2 Å². The molecule has 0 bridgehead atoms. The van der Waals surface area contributed by atoms with E-state index in [0.717, 1.165) is 11.3 Å². The quantitative estimate of drug-likeness (QED) is 0.255. The number of benzene rings is 2. The van der Waals surface area contributed by atoms with Crippen LogP contribution in [0.2, 0.25) is 0 Å². The number of nitrogens with one attached hydrogen (secondary N) is 1. The van der Waals surface area contributed by atoms with Gasteiger partial charge in [-0.25, -0.2) is 4.79 Å². The lowest BCUT2D eigenvalue weighted by molar-refractivity contribution is -0.134. The van der Waals surface area contributed by atoms with Gasteiger partial charge in [0, 0.05) is 23.9 Å². The van der Waals surface area contributed by atoms with Gasteiger partial charge in [-0.05, 0) is 57.0 Å². The average Bonchev–Trinajstić information content (AvgIpc) is 2.71. The third-order valence-electron chi connectivity index (χ3n) is 4.48. The summed E-state index contributed by atoms with van der Waals surface area (Å²) in [5.41, 5.74) is 0.453. The van der Waals surface area contributed by atoms with Crippen molar-refractivity contribution in [1.82, 2.24) is 5.32 Å². The highest BCUT2D eigenvalue weighted by Crippen LogP contribution is 2.21. The van der Waals surface area contributed by atoms with Crippen molar-refractivity contribution in [1.29, 1.82) is 0 Å². The van der Waals surface area contributed by atoms with Crippen molar-refractivity contribution in [2.45, 2.75) is 39.7 Å². The predicted octanol–water partition coefficient (Wildman–Crippen LogP) is 4.00. The van der Waals surface area contributed by atoms with Crippen molar-refractivity contribution in [2.75, 3.05) is 6.61 Å². The number of esters is 1. The van der Waals surface area contributed by atoms with Crippen LogP contribution in [0.4, 0.5) is 0 Å². The maximum Gasteiger partial charge on any atom is 0.349 e. The van der Waals surface area contributed by atoms with Gasteiger partial charge in [-0.3, -0.25) is 9.59 Å². The number of para-hydroxylation sites is 1. The van der Waals surface area contributed by atoms with Gasteiger partial charge in [0.2, 0.25) is 0 Å². The lowest BCUT2D eigenvalue weighted by Gasteiger charge is -2.09. The fourth-order valence-electron chi connectivity index (χ4n) is 2.95. The van der Waals surface area contributed by atoms with Gasteiger partial charge in [0.15, 0.2) is 0 Å². The molecule has 0 saturated heterocycles. The Labute approximate surface area is 180 Å². The molecule has 162 valence electrons. The zero-order valence-corrected chi connectivity index (χ0v) is 17.8. The lowest BCUT2D eigenvalue weighted by Crippen LogP contribution is -2.33. The summed E-state index contributed by atoms with van der Waals surface area (Å²) in [5, 5.41) is 3.22. The van der Waals surface area contributed by atoms with E-state index in [1.54, 1.807) is 26.0 Å². The Morgan fingerprint density at radius 2 is 1.87 bits per heavy atom. The Morgan fingerprint density at radius 1 is 1.10 bits per heavy atom. The van der Waals surface area contributed by atoms with E-state index in [0.29, 0.717) is 18.4 Å². The molecule has 1 aromatic heterocycles. The summed E-state index contributed by atoms with van der Waals surface area (Å²) in [6.07, 6.45) is 0.687. The van der Waals surface area contributed by atoms with Crippen LogP contribution in [0.1, 0.15) is 42.6 Å². The van der Waals surface area contributed by atoms with E-state index in [2.05, 4.69) is 5.32 Å². The highest BCUT2D eigenvalue weighted by Gasteiger charge is 2.15.